The van der Waals surface area contributed by atoms with Crippen LogP contribution < -0.4 is 5.63 Å². The van der Waals surface area contributed by atoms with Crippen LogP contribution in [0.5, 0.6) is 0 Å². The molecule has 0 amide bonds. The number of aromatic nitrogens is 1. The number of hydrogen-bond acceptors (Lipinski definition) is 5. The summed E-state index contributed by atoms with van der Waals surface area (Å²) in [6.45, 7) is 5.43. The number of benzene rings is 2. The van der Waals surface area contributed by atoms with Crippen molar-refractivity contribution in [3.8, 4) is 0 Å². The van der Waals surface area contributed by atoms with Crippen molar-refractivity contribution in [1.82, 2.24) is 9.88 Å². The minimum Gasteiger partial charge on any atom is -0.422 e. The van der Waals surface area contributed by atoms with E-state index in [0.717, 1.165) is 39.1 Å². The van der Waals surface area contributed by atoms with E-state index in [4.69, 9.17) is 9.40 Å². The first-order valence-electron chi connectivity index (χ1n) is 8.57. The van der Waals surface area contributed by atoms with Crippen LogP contribution in [0.3, 0.4) is 0 Å². The molecule has 0 aliphatic heterocycles. The Morgan fingerprint density at radius 1 is 1.12 bits per heavy atom. The van der Waals surface area contributed by atoms with E-state index in [-0.39, 0.29) is 5.63 Å². The third kappa shape index (κ3) is 3.16. The molecule has 0 unspecified atom stereocenters. The molecule has 2 aromatic carbocycles. The summed E-state index contributed by atoms with van der Waals surface area (Å²) >= 11 is 1.71. The molecular formula is C21H20N2O2S. The summed E-state index contributed by atoms with van der Waals surface area (Å²) in [4.78, 5) is 18.9. The summed E-state index contributed by atoms with van der Waals surface area (Å²) in [5.74, 6) is 0. The van der Waals surface area contributed by atoms with Gasteiger partial charge in [-0.3, -0.25) is 4.90 Å². The fourth-order valence-corrected chi connectivity index (χ4v) is 4.27. The summed E-state index contributed by atoms with van der Waals surface area (Å²) in [5.41, 5.74) is 4.58. The molecule has 2 heterocycles. The molecule has 4 nitrogen and oxygen atoms in total. The fourth-order valence-electron chi connectivity index (χ4n) is 3.22. The SMILES string of the molecule is Cc1ccc2c(CN(C)Cc3nc4ccccc4s3)cc(=O)oc2c1C. The Morgan fingerprint density at radius 2 is 1.92 bits per heavy atom. The average molecular weight is 364 g/mol. The Bertz CT molecular complexity index is 1130. The van der Waals surface area contributed by atoms with Gasteiger partial charge in [-0.1, -0.05) is 24.3 Å². The van der Waals surface area contributed by atoms with Gasteiger partial charge in [-0.15, -0.1) is 11.3 Å². The molecule has 26 heavy (non-hydrogen) atoms. The highest BCUT2D eigenvalue weighted by atomic mass is 32.1. The zero-order chi connectivity index (χ0) is 18.3. The number of rotatable bonds is 4. The van der Waals surface area contributed by atoms with Gasteiger partial charge >= 0.3 is 5.63 Å². The van der Waals surface area contributed by atoms with Gasteiger partial charge in [0.1, 0.15) is 10.6 Å². The van der Waals surface area contributed by atoms with Gasteiger partial charge in [-0.05, 0) is 49.7 Å². The fraction of sp³-hybridized carbons (Fsp3) is 0.238. The number of thiazole rings is 1. The Kier molecular flexibility index (Phi) is 4.34. The van der Waals surface area contributed by atoms with Gasteiger partial charge in [0.2, 0.25) is 0 Å². The average Bonchev–Trinajstić information content (AvgIpc) is 3.00. The minimum absolute atomic E-state index is 0.297. The Morgan fingerprint density at radius 3 is 2.73 bits per heavy atom. The Balaban J connectivity index is 1.64. The van der Waals surface area contributed by atoms with E-state index < -0.39 is 0 Å². The lowest BCUT2D eigenvalue weighted by molar-refractivity contribution is 0.319. The van der Waals surface area contributed by atoms with Crippen molar-refractivity contribution in [3.05, 3.63) is 74.6 Å². The van der Waals surface area contributed by atoms with E-state index in [1.54, 1.807) is 17.4 Å². The molecule has 132 valence electrons. The number of aryl methyl sites for hydroxylation is 2. The van der Waals surface area contributed by atoms with Gasteiger partial charge in [0.25, 0.3) is 0 Å². The molecule has 0 spiro atoms. The Hall–Kier alpha value is -2.50. The molecule has 4 rings (SSSR count). The van der Waals surface area contributed by atoms with Gasteiger partial charge in [0.15, 0.2) is 0 Å². The van der Waals surface area contributed by atoms with Crippen molar-refractivity contribution < 1.29 is 4.42 Å². The standard InChI is InChI=1S/C21H20N2O2S/c1-13-8-9-16-15(10-20(24)25-21(16)14(13)2)11-23(3)12-19-22-17-6-4-5-7-18(17)26-19/h4-10H,11-12H2,1-3H3. The molecule has 0 saturated carbocycles. The maximum absolute atomic E-state index is 12.0. The maximum atomic E-state index is 12.0. The van der Waals surface area contributed by atoms with Crippen molar-refractivity contribution in [2.45, 2.75) is 26.9 Å². The third-order valence-electron chi connectivity index (χ3n) is 4.70. The molecule has 0 fully saturated rings. The molecule has 0 aliphatic rings. The molecule has 0 atom stereocenters. The normalized spacial score (nSPS) is 11.7. The molecular weight excluding hydrogens is 344 g/mol. The van der Waals surface area contributed by atoms with Crippen molar-refractivity contribution >= 4 is 32.5 Å². The number of hydrogen-bond donors (Lipinski definition) is 0. The zero-order valence-corrected chi connectivity index (χ0v) is 15.9. The van der Waals surface area contributed by atoms with E-state index in [2.05, 4.69) is 17.0 Å². The monoisotopic (exact) mass is 364 g/mol. The van der Waals surface area contributed by atoms with E-state index >= 15 is 0 Å². The van der Waals surface area contributed by atoms with Crippen LogP contribution in [0.2, 0.25) is 0 Å². The first kappa shape index (κ1) is 16.9. The second kappa shape index (κ2) is 6.67. The van der Waals surface area contributed by atoms with E-state index in [9.17, 15) is 4.79 Å². The molecule has 2 aromatic heterocycles. The van der Waals surface area contributed by atoms with Crippen LogP contribution in [0.1, 0.15) is 21.7 Å². The Labute approximate surface area is 155 Å². The molecule has 0 N–H and O–H groups in total. The summed E-state index contributed by atoms with van der Waals surface area (Å²) in [6.07, 6.45) is 0. The predicted molar refractivity (Wildman–Crippen MR) is 107 cm³/mol. The highest BCUT2D eigenvalue weighted by molar-refractivity contribution is 7.18. The molecule has 4 aromatic rings. The minimum atomic E-state index is -0.297. The summed E-state index contributed by atoms with van der Waals surface area (Å²) in [6, 6.07) is 13.9. The van der Waals surface area contributed by atoms with Crippen molar-refractivity contribution in [2.75, 3.05) is 7.05 Å². The molecule has 0 bridgehead atoms. The summed E-state index contributed by atoms with van der Waals surface area (Å²) in [5, 5.41) is 2.08. The highest BCUT2D eigenvalue weighted by Gasteiger charge is 2.13. The number of nitrogens with zero attached hydrogens (tertiary/aromatic N) is 2. The van der Waals surface area contributed by atoms with Crippen LogP contribution in [-0.2, 0) is 13.1 Å². The van der Waals surface area contributed by atoms with Crippen LogP contribution in [0.4, 0.5) is 0 Å². The van der Waals surface area contributed by atoms with Crippen LogP contribution >= 0.6 is 11.3 Å². The van der Waals surface area contributed by atoms with Crippen LogP contribution in [0, 0.1) is 13.8 Å². The second-order valence-corrected chi connectivity index (χ2v) is 7.84. The maximum Gasteiger partial charge on any atom is 0.336 e. The first-order valence-corrected chi connectivity index (χ1v) is 9.39. The van der Waals surface area contributed by atoms with E-state index in [1.165, 1.54) is 4.70 Å². The lowest BCUT2D eigenvalue weighted by Crippen LogP contribution is -2.18. The van der Waals surface area contributed by atoms with Gasteiger partial charge in [0.05, 0.1) is 16.8 Å². The largest absolute Gasteiger partial charge is 0.422 e. The second-order valence-electron chi connectivity index (χ2n) is 6.72. The summed E-state index contributed by atoms with van der Waals surface area (Å²) in [7, 11) is 2.05. The van der Waals surface area contributed by atoms with Crippen molar-refractivity contribution in [2.24, 2.45) is 0 Å². The van der Waals surface area contributed by atoms with Crippen molar-refractivity contribution in [3.63, 3.8) is 0 Å². The van der Waals surface area contributed by atoms with Gasteiger partial charge in [-0.25, -0.2) is 9.78 Å². The summed E-state index contributed by atoms with van der Waals surface area (Å²) < 4.78 is 6.67. The number of para-hydroxylation sites is 1. The topological polar surface area (TPSA) is 46.3 Å². The first-order chi connectivity index (χ1) is 12.5. The molecule has 0 radical (unpaired) electrons. The van der Waals surface area contributed by atoms with Gasteiger partial charge < -0.3 is 4.42 Å². The van der Waals surface area contributed by atoms with Gasteiger partial charge in [-0.2, -0.15) is 0 Å². The van der Waals surface area contributed by atoms with E-state index in [1.807, 2.05) is 45.2 Å². The number of fused-ring (bicyclic) bond motifs is 2. The van der Waals surface area contributed by atoms with Crippen LogP contribution in [0.25, 0.3) is 21.2 Å². The van der Waals surface area contributed by atoms with Gasteiger partial charge in [0, 0.05) is 18.0 Å². The molecule has 0 aliphatic carbocycles. The van der Waals surface area contributed by atoms with Crippen LogP contribution in [-0.4, -0.2) is 16.9 Å². The smallest absolute Gasteiger partial charge is 0.336 e. The van der Waals surface area contributed by atoms with E-state index in [0.29, 0.717) is 12.1 Å². The lowest BCUT2D eigenvalue weighted by atomic mass is 10.0. The zero-order valence-electron chi connectivity index (χ0n) is 15.1. The molecule has 0 saturated heterocycles. The lowest BCUT2D eigenvalue weighted by Gasteiger charge is -2.16. The van der Waals surface area contributed by atoms with Crippen molar-refractivity contribution in [1.29, 1.82) is 0 Å². The predicted octanol–water partition coefficient (Wildman–Crippen LogP) is 4.65. The van der Waals surface area contributed by atoms with Crippen LogP contribution in [0.15, 0.2) is 51.7 Å². The third-order valence-corrected chi connectivity index (χ3v) is 5.72. The molecule has 5 heteroatoms. The highest BCUT2D eigenvalue weighted by Crippen LogP contribution is 2.26. The quantitative estimate of drug-likeness (QED) is 0.495.